The maximum absolute atomic E-state index is 12.6. The summed E-state index contributed by atoms with van der Waals surface area (Å²) in [6.07, 6.45) is 0.910. The number of nitrogens with one attached hydrogen (secondary N) is 1. The van der Waals surface area contributed by atoms with Crippen LogP contribution in [0, 0.1) is 5.92 Å². The van der Waals surface area contributed by atoms with Gasteiger partial charge in [0.1, 0.15) is 5.69 Å². The predicted molar refractivity (Wildman–Crippen MR) is 99.8 cm³/mol. The number of hydrogen-bond donors (Lipinski definition) is 1. The number of aromatic nitrogens is 2. The molecule has 1 N–H and O–H groups in total. The van der Waals surface area contributed by atoms with Gasteiger partial charge >= 0.3 is 0 Å². The minimum atomic E-state index is 0.0219. The Morgan fingerprint density at radius 3 is 2.68 bits per heavy atom. The first-order valence-corrected chi connectivity index (χ1v) is 9.19. The van der Waals surface area contributed by atoms with Crippen LogP contribution in [0.1, 0.15) is 35.6 Å². The van der Waals surface area contributed by atoms with E-state index in [1.165, 1.54) is 5.56 Å². The molecule has 0 unspecified atom stereocenters. The third kappa shape index (κ3) is 4.83. The van der Waals surface area contributed by atoms with E-state index in [1.807, 2.05) is 29.2 Å². The zero-order chi connectivity index (χ0) is 17.8. The van der Waals surface area contributed by atoms with E-state index >= 15 is 0 Å². The molecule has 0 radical (unpaired) electrons. The van der Waals surface area contributed by atoms with Gasteiger partial charge in [-0.25, -0.2) is 0 Å². The number of halogens is 1. The van der Waals surface area contributed by atoms with E-state index in [0.29, 0.717) is 11.6 Å². The minimum absolute atomic E-state index is 0.0219. The number of carbonyl (C=O) groups excluding carboxylic acids is 1. The lowest BCUT2D eigenvalue weighted by atomic mass is 10.1. The lowest BCUT2D eigenvalue weighted by molar-refractivity contribution is 0.0622. The molecule has 5 nitrogen and oxygen atoms in total. The molecule has 0 atom stereocenters. The van der Waals surface area contributed by atoms with Gasteiger partial charge in [-0.3, -0.25) is 14.8 Å². The molecule has 1 aliphatic rings. The van der Waals surface area contributed by atoms with Crippen LogP contribution in [-0.4, -0.2) is 52.1 Å². The summed E-state index contributed by atoms with van der Waals surface area (Å²) in [5.74, 6) is 0.562. The van der Waals surface area contributed by atoms with Gasteiger partial charge in [0.05, 0.1) is 0 Å². The Balaban J connectivity index is 1.53. The van der Waals surface area contributed by atoms with Gasteiger partial charge in [-0.1, -0.05) is 37.6 Å². The van der Waals surface area contributed by atoms with Gasteiger partial charge in [0.15, 0.2) is 0 Å². The zero-order valence-corrected chi connectivity index (χ0v) is 15.6. The Kier molecular flexibility index (Phi) is 5.76. The van der Waals surface area contributed by atoms with Gasteiger partial charge in [0, 0.05) is 43.4 Å². The molecule has 0 bridgehead atoms. The molecule has 0 spiro atoms. The number of nitrogens with zero attached hydrogens (tertiary/aromatic N) is 3. The van der Waals surface area contributed by atoms with Crippen molar-refractivity contribution in [3.8, 4) is 0 Å². The van der Waals surface area contributed by atoms with Gasteiger partial charge in [-0.05, 0) is 36.1 Å². The molecule has 1 aromatic carbocycles. The van der Waals surface area contributed by atoms with Gasteiger partial charge in [-0.2, -0.15) is 5.10 Å². The molecule has 2 heterocycles. The minimum Gasteiger partial charge on any atom is -0.335 e. The Morgan fingerprint density at radius 2 is 2.00 bits per heavy atom. The average Bonchev–Trinajstić information content (AvgIpc) is 3.02. The molecular formula is C19H25ClN4O. The fourth-order valence-electron chi connectivity index (χ4n) is 3.18. The molecule has 0 aliphatic carbocycles. The molecule has 25 heavy (non-hydrogen) atoms. The second-order valence-electron chi connectivity index (χ2n) is 7.07. The highest BCUT2D eigenvalue weighted by molar-refractivity contribution is 6.30. The zero-order valence-electron chi connectivity index (χ0n) is 14.8. The molecule has 1 aliphatic heterocycles. The Hall–Kier alpha value is -1.85. The fourth-order valence-corrected chi connectivity index (χ4v) is 3.39. The molecule has 134 valence electrons. The number of hydrogen-bond acceptors (Lipinski definition) is 3. The third-order valence-electron chi connectivity index (χ3n) is 4.43. The molecule has 3 rings (SSSR count). The summed E-state index contributed by atoms with van der Waals surface area (Å²) in [5, 5.41) is 7.95. The molecule has 6 heteroatoms. The number of carbonyl (C=O) groups is 1. The van der Waals surface area contributed by atoms with Crippen molar-refractivity contribution in [1.29, 1.82) is 0 Å². The van der Waals surface area contributed by atoms with Crippen LogP contribution in [0.3, 0.4) is 0 Å². The van der Waals surface area contributed by atoms with Crippen LogP contribution in [0.2, 0.25) is 5.02 Å². The number of H-pyrrole nitrogens is 1. The van der Waals surface area contributed by atoms with Crippen LogP contribution in [0.4, 0.5) is 0 Å². The predicted octanol–water partition coefficient (Wildman–Crippen LogP) is 3.22. The summed E-state index contributed by atoms with van der Waals surface area (Å²) >= 11 is 6.05. The monoisotopic (exact) mass is 360 g/mol. The topological polar surface area (TPSA) is 52.2 Å². The highest BCUT2D eigenvalue weighted by atomic mass is 35.5. The fraction of sp³-hybridized carbons (Fsp3) is 0.474. The lowest BCUT2D eigenvalue weighted by Gasteiger charge is -2.34. The van der Waals surface area contributed by atoms with Gasteiger partial charge in [0.2, 0.25) is 0 Å². The molecule has 2 aromatic rings. The van der Waals surface area contributed by atoms with Crippen molar-refractivity contribution in [1.82, 2.24) is 20.0 Å². The van der Waals surface area contributed by atoms with E-state index in [-0.39, 0.29) is 5.91 Å². The summed E-state index contributed by atoms with van der Waals surface area (Å²) in [4.78, 5) is 16.9. The maximum atomic E-state index is 12.6. The maximum Gasteiger partial charge on any atom is 0.274 e. The second kappa shape index (κ2) is 8.02. The SMILES string of the molecule is CC(C)Cc1cc(C(=O)N2CCN(Cc3cccc(Cl)c3)CC2)n[nH]1. The van der Waals surface area contributed by atoms with Crippen molar-refractivity contribution >= 4 is 17.5 Å². The lowest BCUT2D eigenvalue weighted by Crippen LogP contribution is -2.48. The Labute approximate surface area is 154 Å². The van der Waals surface area contributed by atoms with E-state index in [4.69, 9.17) is 11.6 Å². The van der Waals surface area contributed by atoms with E-state index in [9.17, 15) is 4.79 Å². The van der Waals surface area contributed by atoms with Gasteiger partial charge < -0.3 is 4.90 Å². The Morgan fingerprint density at radius 1 is 1.24 bits per heavy atom. The van der Waals surface area contributed by atoms with Crippen molar-refractivity contribution in [2.24, 2.45) is 5.92 Å². The summed E-state index contributed by atoms with van der Waals surface area (Å²) in [6.45, 7) is 8.35. The molecule has 1 aromatic heterocycles. The van der Waals surface area contributed by atoms with E-state index < -0.39 is 0 Å². The molecule has 0 saturated carbocycles. The van der Waals surface area contributed by atoms with Crippen molar-refractivity contribution in [2.75, 3.05) is 26.2 Å². The normalized spacial score (nSPS) is 15.8. The largest absolute Gasteiger partial charge is 0.335 e. The Bertz CT molecular complexity index is 720. The molecule has 1 amide bonds. The first kappa shape index (κ1) is 18.0. The first-order chi connectivity index (χ1) is 12.0. The highest BCUT2D eigenvalue weighted by Crippen LogP contribution is 2.15. The highest BCUT2D eigenvalue weighted by Gasteiger charge is 2.24. The number of aromatic amines is 1. The standard InChI is InChI=1S/C19H25ClN4O/c1-14(2)10-17-12-18(22-21-17)19(25)24-8-6-23(7-9-24)13-15-4-3-5-16(20)11-15/h3-5,11-12,14H,6-10,13H2,1-2H3,(H,21,22). The molecule has 1 fully saturated rings. The van der Waals surface area contributed by atoms with Crippen LogP contribution in [0.5, 0.6) is 0 Å². The quantitative estimate of drug-likeness (QED) is 0.890. The van der Waals surface area contributed by atoms with E-state index in [1.54, 1.807) is 0 Å². The van der Waals surface area contributed by atoms with Gasteiger partial charge in [-0.15, -0.1) is 0 Å². The van der Waals surface area contributed by atoms with Gasteiger partial charge in [0.25, 0.3) is 5.91 Å². The molecule has 1 saturated heterocycles. The van der Waals surface area contributed by atoms with Crippen LogP contribution in [0.15, 0.2) is 30.3 Å². The van der Waals surface area contributed by atoms with E-state index in [2.05, 4.69) is 35.0 Å². The summed E-state index contributed by atoms with van der Waals surface area (Å²) in [6, 6.07) is 9.84. The third-order valence-corrected chi connectivity index (χ3v) is 4.67. The van der Waals surface area contributed by atoms with Crippen LogP contribution >= 0.6 is 11.6 Å². The summed E-state index contributed by atoms with van der Waals surface area (Å²) < 4.78 is 0. The van der Waals surface area contributed by atoms with Crippen molar-refractivity contribution in [3.63, 3.8) is 0 Å². The summed E-state index contributed by atoms with van der Waals surface area (Å²) in [5.41, 5.74) is 2.76. The van der Waals surface area contributed by atoms with E-state index in [0.717, 1.165) is 49.9 Å². The second-order valence-corrected chi connectivity index (χ2v) is 7.51. The molecular weight excluding hydrogens is 336 g/mol. The van der Waals surface area contributed by atoms with Crippen LogP contribution in [-0.2, 0) is 13.0 Å². The first-order valence-electron chi connectivity index (χ1n) is 8.81. The average molecular weight is 361 g/mol. The summed E-state index contributed by atoms with van der Waals surface area (Å²) in [7, 11) is 0. The van der Waals surface area contributed by atoms with Crippen molar-refractivity contribution in [2.45, 2.75) is 26.8 Å². The number of piperazine rings is 1. The van der Waals surface area contributed by atoms with Crippen molar-refractivity contribution < 1.29 is 4.79 Å². The van der Waals surface area contributed by atoms with Crippen LogP contribution < -0.4 is 0 Å². The van der Waals surface area contributed by atoms with Crippen molar-refractivity contribution in [3.05, 3.63) is 52.3 Å². The number of amides is 1. The smallest absolute Gasteiger partial charge is 0.274 e. The number of benzene rings is 1. The number of rotatable bonds is 5. The van der Waals surface area contributed by atoms with Crippen LogP contribution in [0.25, 0.3) is 0 Å².